The van der Waals surface area contributed by atoms with E-state index in [0.29, 0.717) is 34.3 Å². The number of anilines is 1. The van der Waals surface area contributed by atoms with Crippen molar-refractivity contribution in [1.29, 1.82) is 0 Å². The zero-order chi connectivity index (χ0) is 29.6. The first-order valence-corrected chi connectivity index (χ1v) is 12.9. The van der Waals surface area contributed by atoms with Crippen LogP contribution in [0.4, 0.5) is 14.6 Å². The van der Waals surface area contributed by atoms with Crippen molar-refractivity contribution >= 4 is 28.5 Å². The number of nitrogens with two attached hydrogens (primary N) is 1. The van der Waals surface area contributed by atoms with E-state index in [-0.39, 0.29) is 18.7 Å². The number of halogens is 2. The molecule has 0 fully saturated rings. The molecule has 0 bridgehead atoms. The van der Waals surface area contributed by atoms with Crippen molar-refractivity contribution < 1.29 is 18.4 Å². The summed E-state index contributed by atoms with van der Waals surface area (Å²) in [5.41, 5.74) is 7.36. The number of nitrogens with one attached hydrogen (secondary N) is 2. The van der Waals surface area contributed by atoms with Crippen LogP contribution in [-0.4, -0.2) is 37.4 Å². The predicted molar refractivity (Wildman–Crippen MR) is 151 cm³/mol. The summed E-state index contributed by atoms with van der Waals surface area (Å²) in [5, 5.41) is 6.43. The fourth-order valence-corrected chi connectivity index (χ4v) is 4.40. The van der Waals surface area contributed by atoms with Crippen molar-refractivity contribution in [3.05, 3.63) is 130 Å². The fourth-order valence-electron chi connectivity index (χ4n) is 4.40. The van der Waals surface area contributed by atoms with Gasteiger partial charge in [0.2, 0.25) is 5.91 Å². The van der Waals surface area contributed by atoms with Crippen LogP contribution in [0.25, 0.3) is 10.9 Å². The smallest absolute Gasteiger partial charge is 0.266 e. The minimum atomic E-state index is -1.04. The molecule has 0 aliphatic rings. The molecule has 0 unspecified atom stereocenters. The lowest BCUT2D eigenvalue weighted by atomic mass is 10.0. The summed E-state index contributed by atoms with van der Waals surface area (Å²) < 4.78 is 28.0. The molecule has 5 aromatic rings. The first-order chi connectivity index (χ1) is 20.3. The van der Waals surface area contributed by atoms with E-state index in [4.69, 9.17) is 5.73 Å². The lowest BCUT2D eigenvalue weighted by Crippen LogP contribution is -2.37. The van der Waals surface area contributed by atoms with Gasteiger partial charge in [0.25, 0.3) is 11.5 Å². The Kier molecular flexibility index (Phi) is 8.23. The second-order valence-corrected chi connectivity index (χ2v) is 9.53. The molecule has 212 valence electrons. The number of amides is 2. The topological polar surface area (TPSA) is 145 Å². The van der Waals surface area contributed by atoms with Gasteiger partial charge in [0.05, 0.1) is 18.4 Å². The Morgan fingerprint density at radius 2 is 1.71 bits per heavy atom. The highest BCUT2D eigenvalue weighted by Gasteiger charge is 2.19. The molecule has 5 rings (SSSR count). The molecule has 2 amide bonds. The number of hydrogen-bond acceptors (Lipinski definition) is 7. The number of rotatable bonds is 10. The summed E-state index contributed by atoms with van der Waals surface area (Å²) in [7, 11) is 0. The predicted octanol–water partition coefficient (Wildman–Crippen LogP) is 2.95. The normalized spacial score (nSPS) is 11.7. The van der Waals surface area contributed by atoms with Gasteiger partial charge in [-0.05, 0) is 41.0 Å². The molecular weight excluding hydrogens is 544 g/mol. The second-order valence-electron chi connectivity index (χ2n) is 9.53. The van der Waals surface area contributed by atoms with Crippen LogP contribution in [-0.2, 0) is 24.3 Å². The maximum atomic E-state index is 13.6. The molecule has 0 radical (unpaired) electrons. The third-order valence-electron chi connectivity index (χ3n) is 6.57. The van der Waals surface area contributed by atoms with Gasteiger partial charge in [-0.25, -0.2) is 23.7 Å². The molecule has 12 heteroatoms. The first kappa shape index (κ1) is 28.0. The third kappa shape index (κ3) is 6.44. The Labute approximate surface area is 238 Å². The number of primary amides is 1. The Morgan fingerprint density at radius 3 is 2.48 bits per heavy atom. The van der Waals surface area contributed by atoms with E-state index in [2.05, 4.69) is 25.6 Å². The summed E-state index contributed by atoms with van der Waals surface area (Å²) in [5.74, 6) is -2.84. The average Bonchev–Trinajstić information content (AvgIpc) is 2.99. The molecule has 0 aliphatic carbocycles. The lowest BCUT2D eigenvalue weighted by molar-refractivity contribution is -0.118. The van der Waals surface area contributed by atoms with Crippen molar-refractivity contribution in [3.8, 4) is 0 Å². The number of nitrogens with zero attached hydrogens (tertiary/aromatic N) is 4. The van der Waals surface area contributed by atoms with Crippen LogP contribution in [0.2, 0.25) is 0 Å². The molecule has 3 aromatic carbocycles. The number of hydrogen-bond donors (Lipinski definition) is 3. The molecule has 4 N–H and O–H groups in total. The molecule has 0 aliphatic heterocycles. The van der Waals surface area contributed by atoms with Crippen LogP contribution in [0, 0.1) is 11.6 Å². The minimum Gasteiger partial charge on any atom is -0.368 e. The quantitative estimate of drug-likeness (QED) is 0.235. The van der Waals surface area contributed by atoms with Crippen LogP contribution in [0.5, 0.6) is 0 Å². The summed E-state index contributed by atoms with van der Waals surface area (Å²) in [6.07, 6.45) is 4.10. The highest BCUT2D eigenvalue weighted by atomic mass is 19.2. The summed E-state index contributed by atoms with van der Waals surface area (Å²) in [6, 6.07) is 17.3. The Balaban J connectivity index is 1.31. The van der Waals surface area contributed by atoms with Crippen molar-refractivity contribution in [1.82, 2.24) is 24.8 Å². The number of benzene rings is 3. The zero-order valence-electron chi connectivity index (χ0n) is 22.1. The van der Waals surface area contributed by atoms with Gasteiger partial charge >= 0.3 is 0 Å². The van der Waals surface area contributed by atoms with Gasteiger partial charge < -0.3 is 16.4 Å². The summed E-state index contributed by atoms with van der Waals surface area (Å²) in [6.45, 7) is -0.0367. The number of carbonyl (C=O) groups is 2. The molecule has 10 nitrogen and oxygen atoms in total. The monoisotopic (exact) mass is 569 g/mol. The second kappa shape index (κ2) is 12.3. The Bertz CT molecular complexity index is 1830. The molecule has 2 heterocycles. The van der Waals surface area contributed by atoms with Crippen molar-refractivity contribution in [3.63, 3.8) is 0 Å². The highest BCUT2D eigenvalue weighted by Crippen LogP contribution is 2.22. The molecular formula is C30H25F2N7O3. The number of fused-ring (bicyclic) bond motifs is 1. The standard InChI is InChI=1S/C30H25F2N7O3/c31-23-8-6-20(11-24(23)32)15-39-17-34-14-22(30(39)42)29(41)35-13-19-7-9-25-21(10-19)28(37-16-36-25)38-26(27(33)40)12-18-4-2-1-3-5-18/h1-11,14,16-17,26H,12-13,15H2,(H2,33,40)(H,35,41)(H,36,37,38)/t26-/m1/s1. The van der Waals surface area contributed by atoms with Gasteiger partial charge in [0.1, 0.15) is 23.8 Å². The Morgan fingerprint density at radius 1 is 0.929 bits per heavy atom. The van der Waals surface area contributed by atoms with E-state index >= 15 is 0 Å². The van der Waals surface area contributed by atoms with Gasteiger partial charge in [-0.1, -0.05) is 42.5 Å². The lowest BCUT2D eigenvalue weighted by Gasteiger charge is -2.17. The summed E-state index contributed by atoms with van der Waals surface area (Å²) in [4.78, 5) is 50.6. The van der Waals surface area contributed by atoms with E-state index in [1.165, 1.54) is 18.7 Å². The zero-order valence-corrected chi connectivity index (χ0v) is 22.1. The van der Waals surface area contributed by atoms with Crippen molar-refractivity contribution in [2.24, 2.45) is 5.73 Å². The largest absolute Gasteiger partial charge is 0.368 e. The SMILES string of the molecule is NC(=O)[C@@H](Cc1ccccc1)Nc1ncnc2ccc(CNC(=O)c3cncn(Cc4ccc(F)c(F)c4)c3=O)cc12. The molecule has 1 atom stereocenters. The van der Waals surface area contributed by atoms with Gasteiger partial charge in [-0.2, -0.15) is 0 Å². The third-order valence-corrected chi connectivity index (χ3v) is 6.57. The first-order valence-electron chi connectivity index (χ1n) is 12.9. The maximum absolute atomic E-state index is 13.6. The van der Waals surface area contributed by atoms with Crippen molar-refractivity contribution in [2.45, 2.75) is 25.6 Å². The van der Waals surface area contributed by atoms with Gasteiger partial charge in [-0.15, -0.1) is 0 Å². The maximum Gasteiger partial charge on any atom is 0.266 e. The molecule has 0 saturated heterocycles. The van der Waals surface area contributed by atoms with Crippen LogP contribution in [0.3, 0.4) is 0 Å². The average molecular weight is 570 g/mol. The minimum absolute atomic E-state index is 0.0594. The molecule has 0 saturated carbocycles. The number of aromatic nitrogens is 4. The van der Waals surface area contributed by atoms with E-state index in [0.717, 1.165) is 28.5 Å². The van der Waals surface area contributed by atoms with Gasteiger partial charge in [0.15, 0.2) is 11.6 Å². The van der Waals surface area contributed by atoms with Gasteiger partial charge in [-0.3, -0.25) is 19.0 Å². The van der Waals surface area contributed by atoms with E-state index < -0.39 is 35.0 Å². The Hall–Kier alpha value is -5.52. The van der Waals surface area contributed by atoms with E-state index in [1.807, 2.05) is 30.3 Å². The fraction of sp³-hybridized carbons (Fsp3) is 0.133. The van der Waals surface area contributed by atoms with E-state index in [9.17, 15) is 23.2 Å². The summed E-state index contributed by atoms with van der Waals surface area (Å²) >= 11 is 0. The molecule has 2 aromatic heterocycles. The number of carbonyl (C=O) groups excluding carboxylic acids is 2. The van der Waals surface area contributed by atoms with Crippen LogP contribution < -0.4 is 21.9 Å². The van der Waals surface area contributed by atoms with Gasteiger partial charge in [0, 0.05) is 24.5 Å². The van der Waals surface area contributed by atoms with Crippen LogP contribution in [0.15, 0.2) is 90.4 Å². The van der Waals surface area contributed by atoms with E-state index in [1.54, 1.807) is 18.2 Å². The van der Waals surface area contributed by atoms with Crippen molar-refractivity contribution in [2.75, 3.05) is 5.32 Å². The highest BCUT2D eigenvalue weighted by molar-refractivity contribution is 5.94. The van der Waals surface area contributed by atoms with Crippen LogP contribution in [0.1, 0.15) is 27.0 Å². The molecule has 0 spiro atoms. The molecule has 42 heavy (non-hydrogen) atoms. The van der Waals surface area contributed by atoms with Crippen LogP contribution >= 0.6 is 0 Å².